The van der Waals surface area contributed by atoms with Gasteiger partial charge in [0, 0.05) is 42.5 Å². The lowest BCUT2D eigenvalue weighted by atomic mass is 9.99. The summed E-state index contributed by atoms with van der Waals surface area (Å²) in [6.45, 7) is 2.68. The van der Waals surface area contributed by atoms with Crippen molar-refractivity contribution < 1.29 is 4.79 Å². The summed E-state index contributed by atoms with van der Waals surface area (Å²) in [5, 5.41) is 11.4. The lowest BCUT2D eigenvalue weighted by Gasteiger charge is -2.13. The molecule has 0 unspecified atom stereocenters. The molecule has 5 aromatic heterocycles. The smallest absolute Gasteiger partial charge is 0.253 e. The molecular formula is C25H24N8O. The number of fused-ring (bicyclic) bond motifs is 2. The van der Waals surface area contributed by atoms with Crippen molar-refractivity contribution in [1.29, 1.82) is 0 Å². The molecule has 9 nitrogen and oxygen atoms in total. The third-order valence-electron chi connectivity index (χ3n) is 6.72. The quantitative estimate of drug-likeness (QED) is 0.367. The van der Waals surface area contributed by atoms with Crippen molar-refractivity contribution in [3.63, 3.8) is 0 Å². The standard InChI is InChI=1S/C25H24N8O/c1-14-18(11-27-12-19(14)25(34)29-9-15-4-2-3-5-15)16-8-17-22(32-33-23(17)28-10-16)24-30-20-6-7-26-13-21(20)31-24/h6-8,10-13,15H,2-5,9H2,1H3,(H,29,34)(H,30,31)(H,28,32,33). The van der Waals surface area contributed by atoms with Gasteiger partial charge >= 0.3 is 0 Å². The topological polar surface area (TPSA) is 125 Å². The van der Waals surface area contributed by atoms with E-state index < -0.39 is 0 Å². The van der Waals surface area contributed by atoms with Gasteiger partial charge in [-0.15, -0.1) is 0 Å². The number of nitrogens with zero attached hydrogens (tertiary/aromatic N) is 5. The number of aromatic amines is 2. The molecule has 3 N–H and O–H groups in total. The normalized spacial score (nSPS) is 14.3. The van der Waals surface area contributed by atoms with Crippen molar-refractivity contribution in [1.82, 2.24) is 40.4 Å². The van der Waals surface area contributed by atoms with Crippen LogP contribution in [0.5, 0.6) is 0 Å². The van der Waals surface area contributed by atoms with E-state index in [9.17, 15) is 4.79 Å². The molecule has 6 rings (SSSR count). The van der Waals surface area contributed by atoms with Crippen molar-refractivity contribution in [3.05, 3.63) is 54.2 Å². The van der Waals surface area contributed by atoms with E-state index in [0.29, 0.717) is 28.6 Å². The second-order valence-corrected chi connectivity index (χ2v) is 8.89. The Hall–Kier alpha value is -4.14. The first-order chi connectivity index (χ1) is 16.7. The number of H-pyrrole nitrogens is 2. The number of aromatic nitrogens is 7. The van der Waals surface area contributed by atoms with Gasteiger partial charge in [0.05, 0.1) is 28.2 Å². The number of nitrogens with one attached hydrogen (secondary N) is 3. The minimum Gasteiger partial charge on any atom is -0.352 e. The summed E-state index contributed by atoms with van der Waals surface area (Å²) >= 11 is 0. The number of pyridine rings is 3. The van der Waals surface area contributed by atoms with E-state index in [4.69, 9.17) is 0 Å². The van der Waals surface area contributed by atoms with E-state index in [1.54, 1.807) is 31.0 Å². The lowest BCUT2D eigenvalue weighted by molar-refractivity contribution is 0.0946. The predicted molar refractivity (Wildman–Crippen MR) is 129 cm³/mol. The molecule has 9 heteroatoms. The van der Waals surface area contributed by atoms with Crippen LogP contribution in [0.15, 0.2) is 43.1 Å². The highest BCUT2D eigenvalue weighted by Gasteiger charge is 2.19. The van der Waals surface area contributed by atoms with Crippen molar-refractivity contribution in [2.24, 2.45) is 5.92 Å². The Morgan fingerprint density at radius 2 is 2.03 bits per heavy atom. The van der Waals surface area contributed by atoms with Crippen molar-refractivity contribution >= 4 is 28.0 Å². The van der Waals surface area contributed by atoms with Crippen LogP contribution in [0.2, 0.25) is 0 Å². The van der Waals surface area contributed by atoms with Gasteiger partial charge in [-0.05, 0) is 43.4 Å². The molecular weight excluding hydrogens is 428 g/mol. The molecule has 1 aliphatic rings. The van der Waals surface area contributed by atoms with Crippen LogP contribution in [0, 0.1) is 12.8 Å². The SMILES string of the molecule is Cc1c(C(=O)NCC2CCCC2)cncc1-c1cnc2[nH]nc(-c3nc4ccncc4[nH]3)c2c1. The molecule has 0 bridgehead atoms. The molecule has 1 amide bonds. The average Bonchev–Trinajstić information content (AvgIpc) is 3.61. The first-order valence-corrected chi connectivity index (χ1v) is 11.5. The fraction of sp³-hybridized carbons (Fsp3) is 0.280. The van der Waals surface area contributed by atoms with E-state index in [-0.39, 0.29) is 5.91 Å². The summed E-state index contributed by atoms with van der Waals surface area (Å²) in [5.41, 5.74) is 6.20. The Labute approximate surface area is 195 Å². The van der Waals surface area contributed by atoms with E-state index in [0.717, 1.165) is 39.7 Å². The Morgan fingerprint density at radius 1 is 1.15 bits per heavy atom. The number of hydrogen-bond acceptors (Lipinski definition) is 6. The third-order valence-corrected chi connectivity index (χ3v) is 6.72. The maximum Gasteiger partial charge on any atom is 0.253 e. The van der Waals surface area contributed by atoms with E-state index in [1.807, 2.05) is 19.1 Å². The van der Waals surface area contributed by atoms with Crippen LogP contribution >= 0.6 is 0 Å². The molecule has 5 heterocycles. The number of rotatable bonds is 5. The number of hydrogen-bond donors (Lipinski definition) is 3. The van der Waals surface area contributed by atoms with Gasteiger partial charge in [-0.3, -0.25) is 19.9 Å². The molecule has 0 aromatic carbocycles. The van der Waals surface area contributed by atoms with E-state index >= 15 is 0 Å². The maximum atomic E-state index is 12.9. The van der Waals surface area contributed by atoms with Gasteiger partial charge in [-0.1, -0.05) is 12.8 Å². The molecule has 34 heavy (non-hydrogen) atoms. The number of amides is 1. The van der Waals surface area contributed by atoms with Crippen LogP contribution in [-0.4, -0.2) is 47.6 Å². The summed E-state index contributed by atoms with van der Waals surface area (Å²) in [5.74, 6) is 1.15. The van der Waals surface area contributed by atoms with E-state index in [2.05, 4.69) is 40.4 Å². The van der Waals surface area contributed by atoms with E-state index in [1.165, 1.54) is 25.7 Å². The van der Waals surface area contributed by atoms with Crippen molar-refractivity contribution in [3.8, 4) is 22.6 Å². The molecule has 1 saturated carbocycles. The molecule has 0 atom stereocenters. The van der Waals surface area contributed by atoms with Gasteiger partial charge in [-0.2, -0.15) is 5.10 Å². The van der Waals surface area contributed by atoms with Crippen molar-refractivity contribution in [2.75, 3.05) is 6.54 Å². The van der Waals surface area contributed by atoms with Crippen LogP contribution in [0.3, 0.4) is 0 Å². The summed E-state index contributed by atoms with van der Waals surface area (Å²) in [4.78, 5) is 33.9. The fourth-order valence-corrected chi connectivity index (χ4v) is 4.79. The predicted octanol–water partition coefficient (Wildman–Crippen LogP) is 4.19. The minimum absolute atomic E-state index is 0.0762. The monoisotopic (exact) mass is 452 g/mol. The van der Waals surface area contributed by atoms with Crippen molar-refractivity contribution in [2.45, 2.75) is 32.6 Å². The molecule has 0 spiro atoms. The fourth-order valence-electron chi connectivity index (χ4n) is 4.79. The summed E-state index contributed by atoms with van der Waals surface area (Å²) in [7, 11) is 0. The molecule has 5 aromatic rings. The molecule has 0 saturated heterocycles. The van der Waals surface area contributed by atoms with Crippen LogP contribution in [0.4, 0.5) is 0 Å². The van der Waals surface area contributed by atoms with Gasteiger partial charge in [0.2, 0.25) is 0 Å². The second kappa shape index (κ2) is 8.33. The highest BCUT2D eigenvalue weighted by Crippen LogP contribution is 2.31. The Balaban J connectivity index is 1.34. The zero-order valence-corrected chi connectivity index (χ0v) is 18.8. The Morgan fingerprint density at radius 3 is 2.88 bits per heavy atom. The van der Waals surface area contributed by atoms with Gasteiger partial charge in [-0.25, -0.2) is 9.97 Å². The zero-order chi connectivity index (χ0) is 23.1. The number of carbonyl (C=O) groups is 1. The van der Waals surface area contributed by atoms with Crippen LogP contribution in [0.25, 0.3) is 44.7 Å². The Bertz CT molecular complexity index is 1480. The van der Waals surface area contributed by atoms with Gasteiger partial charge in [0.1, 0.15) is 5.69 Å². The third kappa shape index (κ3) is 3.59. The van der Waals surface area contributed by atoms with Gasteiger partial charge in [0.15, 0.2) is 11.5 Å². The minimum atomic E-state index is -0.0762. The zero-order valence-electron chi connectivity index (χ0n) is 18.8. The number of imidazole rings is 1. The highest BCUT2D eigenvalue weighted by molar-refractivity contribution is 5.98. The summed E-state index contributed by atoms with van der Waals surface area (Å²) in [6.07, 6.45) is 13.5. The second-order valence-electron chi connectivity index (χ2n) is 8.89. The van der Waals surface area contributed by atoms with Crippen LogP contribution < -0.4 is 5.32 Å². The molecule has 0 aliphatic heterocycles. The van der Waals surface area contributed by atoms with Gasteiger partial charge < -0.3 is 10.3 Å². The summed E-state index contributed by atoms with van der Waals surface area (Å²) < 4.78 is 0. The van der Waals surface area contributed by atoms with Crippen LogP contribution in [-0.2, 0) is 0 Å². The lowest BCUT2D eigenvalue weighted by Crippen LogP contribution is -2.29. The number of carbonyl (C=O) groups excluding carboxylic acids is 1. The average molecular weight is 453 g/mol. The molecule has 1 aliphatic carbocycles. The molecule has 170 valence electrons. The largest absolute Gasteiger partial charge is 0.352 e. The first-order valence-electron chi connectivity index (χ1n) is 11.5. The highest BCUT2D eigenvalue weighted by atomic mass is 16.1. The molecule has 1 fully saturated rings. The Kier molecular flexibility index (Phi) is 5.01. The maximum absolute atomic E-state index is 12.9. The van der Waals surface area contributed by atoms with Gasteiger partial charge in [0.25, 0.3) is 5.91 Å². The summed E-state index contributed by atoms with van der Waals surface area (Å²) in [6, 6.07) is 3.86. The first kappa shape index (κ1) is 20.5. The van der Waals surface area contributed by atoms with Crippen LogP contribution in [0.1, 0.15) is 41.6 Å². The molecule has 0 radical (unpaired) electrons.